The number of aromatic carboxylic acids is 1. The molecule has 2 rings (SSSR count). The fourth-order valence-electron chi connectivity index (χ4n) is 1.94. The maximum absolute atomic E-state index is 10.8. The summed E-state index contributed by atoms with van der Waals surface area (Å²) in [6, 6.07) is 0.572. The van der Waals surface area contributed by atoms with E-state index in [1.54, 1.807) is 5.38 Å². The summed E-state index contributed by atoms with van der Waals surface area (Å²) in [5, 5.41) is 11.3. The van der Waals surface area contributed by atoms with Gasteiger partial charge in [-0.2, -0.15) is 0 Å². The summed E-state index contributed by atoms with van der Waals surface area (Å²) in [5.41, 5.74) is 0.149. The van der Waals surface area contributed by atoms with Crippen molar-refractivity contribution >= 4 is 22.4 Å². The fourth-order valence-corrected chi connectivity index (χ4v) is 2.79. The van der Waals surface area contributed by atoms with E-state index in [4.69, 9.17) is 5.11 Å². The lowest BCUT2D eigenvalue weighted by Crippen LogP contribution is -2.48. The van der Waals surface area contributed by atoms with Gasteiger partial charge in [0.05, 0.1) is 0 Å². The first-order valence-corrected chi connectivity index (χ1v) is 6.63. The highest BCUT2D eigenvalue weighted by Crippen LogP contribution is 2.22. The Morgan fingerprint density at radius 1 is 1.41 bits per heavy atom. The molecular weight excluding hydrogens is 238 g/mol. The third-order valence-corrected chi connectivity index (χ3v) is 3.93. The second-order valence-electron chi connectivity index (χ2n) is 4.44. The van der Waals surface area contributed by atoms with Crippen molar-refractivity contribution in [1.29, 1.82) is 0 Å². The second kappa shape index (κ2) is 5.01. The van der Waals surface area contributed by atoms with Gasteiger partial charge in [0.2, 0.25) is 0 Å². The molecule has 1 saturated heterocycles. The Balaban J connectivity index is 1.98. The largest absolute Gasteiger partial charge is 0.476 e. The second-order valence-corrected chi connectivity index (χ2v) is 5.27. The highest BCUT2D eigenvalue weighted by Gasteiger charge is 2.21. The van der Waals surface area contributed by atoms with Crippen molar-refractivity contribution in [3.8, 4) is 0 Å². The van der Waals surface area contributed by atoms with Crippen molar-refractivity contribution in [2.24, 2.45) is 0 Å². The first-order valence-electron chi connectivity index (χ1n) is 5.75. The van der Waals surface area contributed by atoms with Crippen molar-refractivity contribution in [2.75, 3.05) is 31.1 Å². The van der Waals surface area contributed by atoms with Crippen molar-refractivity contribution < 1.29 is 9.90 Å². The van der Waals surface area contributed by atoms with Crippen molar-refractivity contribution in [1.82, 2.24) is 9.88 Å². The van der Waals surface area contributed by atoms with Crippen molar-refractivity contribution in [3.63, 3.8) is 0 Å². The molecule has 0 atom stereocenters. The van der Waals surface area contributed by atoms with Crippen LogP contribution < -0.4 is 4.90 Å². The first-order chi connectivity index (χ1) is 8.08. The van der Waals surface area contributed by atoms with Crippen LogP contribution in [0.25, 0.3) is 0 Å². The lowest BCUT2D eigenvalue weighted by atomic mass is 10.2. The van der Waals surface area contributed by atoms with Crippen molar-refractivity contribution in [2.45, 2.75) is 19.9 Å². The Morgan fingerprint density at radius 3 is 2.53 bits per heavy atom. The van der Waals surface area contributed by atoms with E-state index in [0.717, 1.165) is 31.3 Å². The quantitative estimate of drug-likeness (QED) is 0.884. The summed E-state index contributed by atoms with van der Waals surface area (Å²) in [7, 11) is 0. The number of hydrogen-bond donors (Lipinski definition) is 1. The topological polar surface area (TPSA) is 56.7 Å². The molecule has 1 aliphatic heterocycles. The number of carboxylic acids is 1. The molecule has 1 aliphatic rings. The number of aromatic nitrogens is 1. The number of carbonyl (C=O) groups is 1. The molecule has 0 amide bonds. The Labute approximate surface area is 105 Å². The van der Waals surface area contributed by atoms with Crippen LogP contribution in [0.2, 0.25) is 0 Å². The van der Waals surface area contributed by atoms with E-state index < -0.39 is 5.97 Å². The van der Waals surface area contributed by atoms with E-state index in [2.05, 4.69) is 28.6 Å². The number of nitrogens with zero attached hydrogens (tertiary/aromatic N) is 3. The van der Waals surface area contributed by atoms with Crippen LogP contribution in [0.4, 0.5) is 5.13 Å². The summed E-state index contributed by atoms with van der Waals surface area (Å²) >= 11 is 1.41. The molecule has 94 valence electrons. The highest BCUT2D eigenvalue weighted by atomic mass is 32.1. The molecule has 0 unspecified atom stereocenters. The van der Waals surface area contributed by atoms with Gasteiger partial charge in [0, 0.05) is 37.6 Å². The minimum atomic E-state index is -0.951. The predicted molar refractivity (Wildman–Crippen MR) is 68.0 cm³/mol. The van der Waals surface area contributed by atoms with E-state index in [1.807, 2.05) is 0 Å². The van der Waals surface area contributed by atoms with Gasteiger partial charge in [-0.1, -0.05) is 0 Å². The molecule has 0 aromatic carbocycles. The highest BCUT2D eigenvalue weighted by molar-refractivity contribution is 7.13. The van der Waals surface area contributed by atoms with Crippen LogP contribution >= 0.6 is 11.3 Å². The van der Waals surface area contributed by atoms with Gasteiger partial charge in [0.25, 0.3) is 0 Å². The molecule has 0 bridgehead atoms. The SMILES string of the molecule is CC(C)N1CCN(c2nc(C(=O)O)cs2)CC1. The summed E-state index contributed by atoms with van der Waals surface area (Å²) in [5.74, 6) is -0.951. The van der Waals surface area contributed by atoms with Crippen LogP contribution in [0.15, 0.2) is 5.38 Å². The normalized spacial score (nSPS) is 17.7. The van der Waals surface area contributed by atoms with E-state index in [1.165, 1.54) is 11.3 Å². The van der Waals surface area contributed by atoms with Crippen LogP contribution in [0, 0.1) is 0 Å². The van der Waals surface area contributed by atoms with Gasteiger partial charge in [-0.15, -0.1) is 11.3 Å². The molecular formula is C11H17N3O2S. The van der Waals surface area contributed by atoms with E-state index in [-0.39, 0.29) is 5.69 Å². The summed E-state index contributed by atoms with van der Waals surface area (Å²) < 4.78 is 0. The number of carboxylic acid groups (broad SMARTS) is 1. The van der Waals surface area contributed by atoms with Crippen molar-refractivity contribution in [3.05, 3.63) is 11.1 Å². The van der Waals surface area contributed by atoms with Crippen LogP contribution in [0.3, 0.4) is 0 Å². The minimum Gasteiger partial charge on any atom is -0.476 e. The zero-order valence-electron chi connectivity index (χ0n) is 10.1. The number of thiazole rings is 1. The maximum Gasteiger partial charge on any atom is 0.355 e. The lowest BCUT2D eigenvalue weighted by molar-refractivity contribution is 0.0691. The molecule has 17 heavy (non-hydrogen) atoms. The summed E-state index contributed by atoms with van der Waals surface area (Å²) in [6.07, 6.45) is 0. The molecule has 1 aromatic rings. The third kappa shape index (κ3) is 2.76. The van der Waals surface area contributed by atoms with Crippen LogP contribution in [0.5, 0.6) is 0 Å². The van der Waals surface area contributed by atoms with Crippen LogP contribution in [-0.4, -0.2) is 53.2 Å². The van der Waals surface area contributed by atoms with Gasteiger partial charge in [-0.05, 0) is 13.8 Å². The van der Waals surface area contributed by atoms with Gasteiger partial charge in [0.1, 0.15) is 0 Å². The molecule has 0 radical (unpaired) electrons. The maximum atomic E-state index is 10.8. The summed E-state index contributed by atoms with van der Waals surface area (Å²) in [6.45, 7) is 8.26. The van der Waals surface area contributed by atoms with Crippen LogP contribution in [-0.2, 0) is 0 Å². The molecule has 2 heterocycles. The van der Waals surface area contributed by atoms with E-state index in [0.29, 0.717) is 6.04 Å². The average Bonchev–Trinajstić information content (AvgIpc) is 2.78. The van der Waals surface area contributed by atoms with Gasteiger partial charge in [-0.25, -0.2) is 9.78 Å². The molecule has 6 heteroatoms. The van der Waals surface area contributed by atoms with Crippen LogP contribution in [0.1, 0.15) is 24.3 Å². The molecule has 1 N–H and O–H groups in total. The molecule has 1 aromatic heterocycles. The predicted octanol–water partition coefficient (Wildman–Crippen LogP) is 1.37. The fraction of sp³-hybridized carbons (Fsp3) is 0.636. The zero-order valence-corrected chi connectivity index (χ0v) is 10.9. The van der Waals surface area contributed by atoms with Gasteiger partial charge < -0.3 is 10.0 Å². The molecule has 1 fully saturated rings. The number of piperazine rings is 1. The Kier molecular flexibility index (Phi) is 3.63. The Morgan fingerprint density at radius 2 is 2.06 bits per heavy atom. The molecule has 0 aliphatic carbocycles. The smallest absolute Gasteiger partial charge is 0.355 e. The zero-order chi connectivity index (χ0) is 12.4. The third-order valence-electron chi connectivity index (χ3n) is 3.03. The lowest BCUT2D eigenvalue weighted by Gasteiger charge is -2.36. The van der Waals surface area contributed by atoms with Gasteiger partial charge in [-0.3, -0.25) is 4.90 Å². The van der Waals surface area contributed by atoms with E-state index in [9.17, 15) is 4.79 Å². The minimum absolute atomic E-state index is 0.149. The Hall–Kier alpha value is -1.14. The number of hydrogen-bond acceptors (Lipinski definition) is 5. The molecule has 0 spiro atoms. The van der Waals surface area contributed by atoms with Gasteiger partial charge in [0.15, 0.2) is 10.8 Å². The average molecular weight is 255 g/mol. The Bertz CT molecular complexity index is 397. The van der Waals surface area contributed by atoms with E-state index >= 15 is 0 Å². The summed E-state index contributed by atoms with van der Waals surface area (Å²) in [4.78, 5) is 19.5. The van der Waals surface area contributed by atoms with Gasteiger partial charge >= 0.3 is 5.97 Å². The molecule has 5 nitrogen and oxygen atoms in total. The molecule has 0 saturated carbocycles. The first kappa shape index (κ1) is 12.3. The number of rotatable bonds is 3. The number of anilines is 1. The monoisotopic (exact) mass is 255 g/mol. The standard InChI is InChI=1S/C11H17N3O2S/c1-8(2)13-3-5-14(6-4-13)11-12-9(7-17-11)10(15)16/h7-8H,3-6H2,1-2H3,(H,15,16).